The van der Waals surface area contributed by atoms with Crippen LogP contribution in [0.4, 0.5) is 13.2 Å². The second-order valence-electron chi connectivity index (χ2n) is 6.88. The van der Waals surface area contributed by atoms with Gasteiger partial charge in [-0.25, -0.2) is 0 Å². The van der Waals surface area contributed by atoms with Crippen LogP contribution < -0.4 is 5.73 Å². The van der Waals surface area contributed by atoms with Crippen molar-refractivity contribution in [3.05, 3.63) is 0 Å². The first-order chi connectivity index (χ1) is 9.78. The molecule has 0 radical (unpaired) electrons. The highest BCUT2D eigenvalue weighted by Crippen LogP contribution is 2.44. The molecule has 1 aliphatic heterocycles. The molecule has 0 bridgehead atoms. The van der Waals surface area contributed by atoms with Gasteiger partial charge < -0.3 is 5.73 Å². The number of rotatable bonds is 3. The fraction of sp³-hybridized carbons (Fsp3) is 1.00. The Balaban J connectivity index is 2.04. The van der Waals surface area contributed by atoms with Crippen molar-refractivity contribution in [3.63, 3.8) is 0 Å². The molecule has 0 aromatic rings. The van der Waals surface area contributed by atoms with E-state index < -0.39 is 17.6 Å². The third-order valence-electron chi connectivity index (χ3n) is 5.38. The Morgan fingerprint density at radius 3 is 2.29 bits per heavy atom. The van der Waals surface area contributed by atoms with Crippen molar-refractivity contribution in [3.8, 4) is 0 Å². The summed E-state index contributed by atoms with van der Waals surface area (Å²) < 4.78 is 39.3. The zero-order chi connectivity index (χ0) is 15.7. The molecular weight excluding hydrogens is 279 g/mol. The molecule has 2 rings (SSSR count). The van der Waals surface area contributed by atoms with Crippen molar-refractivity contribution in [2.24, 2.45) is 11.7 Å². The average Bonchev–Trinajstić information content (AvgIpc) is 2.46. The molecule has 0 aromatic carbocycles. The highest BCUT2D eigenvalue weighted by Gasteiger charge is 2.49. The maximum atomic E-state index is 13.1. The van der Waals surface area contributed by atoms with Crippen LogP contribution >= 0.6 is 0 Å². The van der Waals surface area contributed by atoms with Gasteiger partial charge in [-0.1, -0.05) is 6.42 Å². The Morgan fingerprint density at radius 1 is 1.19 bits per heavy atom. The Hall–Kier alpha value is -0.330. The fourth-order valence-electron chi connectivity index (χ4n) is 3.93. The van der Waals surface area contributed by atoms with Crippen LogP contribution in [0.5, 0.6) is 0 Å². The summed E-state index contributed by atoms with van der Waals surface area (Å²) in [6.07, 6.45) is -2.21. The van der Waals surface area contributed by atoms with Gasteiger partial charge in [-0.3, -0.25) is 9.80 Å². The van der Waals surface area contributed by atoms with Crippen LogP contribution in [0.1, 0.15) is 39.5 Å². The minimum absolute atomic E-state index is 0.175. The van der Waals surface area contributed by atoms with Crippen molar-refractivity contribution in [1.82, 2.24) is 9.80 Å². The molecule has 1 saturated carbocycles. The van der Waals surface area contributed by atoms with E-state index in [9.17, 15) is 13.2 Å². The predicted molar refractivity (Wildman–Crippen MR) is 78.1 cm³/mol. The number of nitrogens with two attached hydrogens (primary N) is 1. The third-order valence-corrected chi connectivity index (χ3v) is 5.38. The van der Waals surface area contributed by atoms with Crippen molar-refractivity contribution in [2.75, 3.05) is 32.7 Å². The molecule has 2 atom stereocenters. The van der Waals surface area contributed by atoms with Crippen molar-refractivity contribution in [1.29, 1.82) is 0 Å². The van der Waals surface area contributed by atoms with Gasteiger partial charge in [0.25, 0.3) is 0 Å². The van der Waals surface area contributed by atoms with Crippen LogP contribution in [0.2, 0.25) is 0 Å². The molecule has 2 unspecified atom stereocenters. The van der Waals surface area contributed by atoms with Crippen LogP contribution in [0.15, 0.2) is 0 Å². The lowest BCUT2D eigenvalue weighted by atomic mass is 9.74. The van der Waals surface area contributed by atoms with Gasteiger partial charge in [0.15, 0.2) is 0 Å². The molecule has 1 heterocycles. The predicted octanol–water partition coefficient (Wildman–Crippen LogP) is 2.46. The smallest absolute Gasteiger partial charge is 0.329 e. The molecule has 2 aliphatic rings. The molecule has 124 valence electrons. The summed E-state index contributed by atoms with van der Waals surface area (Å²) in [5.41, 5.74) is 5.50. The molecule has 2 fully saturated rings. The first kappa shape index (κ1) is 17.0. The van der Waals surface area contributed by atoms with E-state index in [2.05, 4.69) is 23.6 Å². The second-order valence-corrected chi connectivity index (χ2v) is 6.88. The summed E-state index contributed by atoms with van der Waals surface area (Å²) in [5.74, 6) is -1.18. The highest BCUT2D eigenvalue weighted by molar-refractivity contribution is 4.99. The van der Waals surface area contributed by atoms with E-state index >= 15 is 0 Å². The molecule has 1 aliphatic carbocycles. The largest absolute Gasteiger partial charge is 0.391 e. The fourth-order valence-corrected chi connectivity index (χ4v) is 3.93. The first-order valence-corrected chi connectivity index (χ1v) is 8.04. The van der Waals surface area contributed by atoms with Gasteiger partial charge in [-0.05, 0) is 33.1 Å². The third kappa shape index (κ3) is 3.71. The van der Waals surface area contributed by atoms with Crippen LogP contribution in [-0.2, 0) is 0 Å². The summed E-state index contributed by atoms with van der Waals surface area (Å²) in [6, 6.07) is 0.496. The molecule has 3 nitrogen and oxygen atoms in total. The van der Waals surface area contributed by atoms with Gasteiger partial charge in [-0.2, -0.15) is 13.2 Å². The highest BCUT2D eigenvalue weighted by atomic mass is 19.4. The Morgan fingerprint density at radius 2 is 1.81 bits per heavy atom. The van der Waals surface area contributed by atoms with E-state index in [4.69, 9.17) is 5.73 Å². The van der Waals surface area contributed by atoms with E-state index in [0.717, 1.165) is 32.6 Å². The molecule has 0 amide bonds. The van der Waals surface area contributed by atoms with Crippen molar-refractivity contribution in [2.45, 2.75) is 57.3 Å². The van der Waals surface area contributed by atoms with Gasteiger partial charge in [0.05, 0.1) is 5.92 Å². The Labute approximate surface area is 125 Å². The van der Waals surface area contributed by atoms with Crippen LogP contribution in [-0.4, -0.2) is 60.3 Å². The molecule has 1 saturated heterocycles. The molecule has 0 aromatic heterocycles. The number of alkyl halides is 3. The first-order valence-electron chi connectivity index (χ1n) is 8.04. The van der Waals surface area contributed by atoms with E-state index in [-0.39, 0.29) is 12.8 Å². The number of nitrogens with zero attached hydrogens (tertiary/aromatic N) is 2. The maximum absolute atomic E-state index is 13.1. The maximum Gasteiger partial charge on any atom is 0.391 e. The standard InChI is InChI=1S/C15H28F3N3/c1-12(2)20-6-8-21(9-7-20)14(11-19)5-3-4-13(10-14)15(16,17)18/h12-13H,3-11,19H2,1-2H3. The average molecular weight is 307 g/mol. The Kier molecular flexibility index (Phi) is 5.21. The summed E-state index contributed by atoms with van der Waals surface area (Å²) in [5, 5.41) is 0. The topological polar surface area (TPSA) is 32.5 Å². The monoisotopic (exact) mass is 307 g/mol. The van der Waals surface area contributed by atoms with E-state index in [1.807, 2.05) is 0 Å². The van der Waals surface area contributed by atoms with Gasteiger partial charge >= 0.3 is 6.18 Å². The van der Waals surface area contributed by atoms with Gasteiger partial charge in [-0.15, -0.1) is 0 Å². The molecule has 6 heteroatoms. The van der Waals surface area contributed by atoms with E-state index in [1.165, 1.54) is 0 Å². The molecular formula is C15H28F3N3. The van der Waals surface area contributed by atoms with Gasteiger partial charge in [0.1, 0.15) is 0 Å². The lowest BCUT2D eigenvalue weighted by Gasteiger charge is -2.51. The van der Waals surface area contributed by atoms with Gasteiger partial charge in [0.2, 0.25) is 0 Å². The van der Waals surface area contributed by atoms with Crippen LogP contribution in [0, 0.1) is 5.92 Å². The van der Waals surface area contributed by atoms with E-state index in [1.54, 1.807) is 0 Å². The number of piperazine rings is 1. The Bertz CT molecular complexity index is 338. The quantitative estimate of drug-likeness (QED) is 0.869. The number of hydrogen-bond acceptors (Lipinski definition) is 3. The lowest BCUT2D eigenvalue weighted by Crippen LogP contribution is -2.63. The minimum Gasteiger partial charge on any atom is -0.329 e. The summed E-state index contributed by atoms with van der Waals surface area (Å²) >= 11 is 0. The zero-order valence-corrected chi connectivity index (χ0v) is 13.1. The zero-order valence-electron chi connectivity index (χ0n) is 13.1. The van der Waals surface area contributed by atoms with Crippen LogP contribution in [0.3, 0.4) is 0 Å². The second kappa shape index (κ2) is 6.42. The van der Waals surface area contributed by atoms with Crippen molar-refractivity contribution >= 4 is 0 Å². The normalized spacial score (nSPS) is 33.6. The number of hydrogen-bond donors (Lipinski definition) is 1. The summed E-state index contributed by atoms with van der Waals surface area (Å²) in [4.78, 5) is 4.62. The van der Waals surface area contributed by atoms with Crippen molar-refractivity contribution < 1.29 is 13.2 Å². The summed E-state index contributed by atoms with van der Waals surface area (Å²) in [6.45, 7) is 8.18. The van der Waals surface area contributed by atoms with Crippen LogP contribution in [0.25, 0.3) is 0 Å². The minimum atomic E-state index is -4.08. The van der Waals surface area contributed by atoms with E-state index in [0.29, 0.717) is 19.0 Å². The lowest BCUT2D eigenvalue weighted by molar-refractivity contribution is -0.194. The van der Waals surface area contributed by atoms with Gasteiger partial charge in [0, 0.05) is 44.3 Å². The molecule has 0 spiro atoms. The molecule has 21 heavy (non-hydrogen) atoms. The SMILES string of the molecule is CC(C)N1CCN(C2(CN)CCCC(C(F)(F)F)C2)CC1. The number of halogens is 3. The molecule has 2 N–H and O–H groups in total. The summed E-state index contributed by atoms with van der Waals surface area (Å²) in [7, 11) is 0.